The third-order valence-electron chi connectivity index (χ3n) is 10.2. The minimum atomic E-state index is 0.917. The molecule has 0 radical (unpaired) electrons. The lowest BCUT2D eigenvalue weighted by molar-refractivity contribution is 1.08. The summed E-state index contributed by atoms with van der Waals surface area (Å²) in [7, 11) is 0. The fraction of sp³-hybridized carbons (Fsp3) is 0.0222. The van der Waals surface area contributed by atoms with Crippen molar-refractivity contribution in [2.75, 3.05) is 0 Å². The summed E-state index contributed by atoms with van der Waals surface area (Å²) in [5.41, 5.74) is 12.8. The van der Waals surface area contributed by atoms with Gasteiger partial charge in [-0.15, -0.1) is 0 Å². The molecule has 1 aliphatic rings. The Morgan fingerprint density at radius 1 is 0.592 bits per heavy atom. The highest BCUT2D eigenvalue weighted by Gasteiger charge is 2.24. The van der Waals surface area contributed by atoms with E-state index in [1.165, 1.54) is 65.7 Å². The molecule has 9 aromatic rings. The molecule has 3 aromatic heterocycles. The van der Waals surface area contributed by atoms with Crippen LogP contribution in [0.25, 0.3) is 88.2 Å². The molecule has 4 heteroatoms. The average Bonchev–Trinajstić information content (AvgIpc) is 3.76. The highest BCUT2D eigenvalue weighted by Crippen LogP contribution is 2.43. The van der Waals surface area contributed by atoms with E-state index in [1.807, 2.05) is 6.08 Å². The number of fused-ring (bicyclic) bond motifs is 6. The van der Waals surface area contributed by atoms with Crippen molar-refractivity contribution in [3.8, 4) is 22.6 Å². The largest absolute Gasteiger partial charge is 0.309 e. The summed E-state index contributed by atoms with van der Waals surface area (Å²) < 4.78 is 4.68. The van der Waals surface area contributed by atoms with Crippen molar-refractivity contribution in [3.05, 3.63) is 163 Å². The van der Waals surface area contributed by atoms with Crippen LogP contribution < -0.4 is 0 Å². The van der Waals surface area contributed by atoms with Gasteiger partial charge in [-0.1, -0.05) is 84.9 Å². The molecule has 0 fully saturated rings. The Labute approximate surface area is 283 Å². The van der Waals surface area contributed by atoms with Crippen molar-refractivity contribution < 1.29 is 0 Å². The first-order valence-corrected chi connectivity index (χ1v) is 16.6. The number of benzene rings is 6. The standard InChI is InChI=1S/C45H30N4/c1-28-33(23-24-46-2)36-16-10-11-31-27-43(47-45(28)44(31)36)49-40-18-9-7-15-35(40)38-26-30(20-22-42(38)49)29-19-21-41-37(25-29)34-14-6-8-17-39(34)48(41)32-12-4-3-5-13-32/h3-27H,2H2,1H3/b24-23-. The Kier molecular flexibility index (Phi) is 5.91. The zero-order valence-electron chi connectivity index (χ0n) is 26.9. The second-order valence-electron chi connectivity index (χ2n) is 12.8. The second-order valence-corrected chi connectivity index (χ2v) is 12.8. The third-order valence-corrected chi connectivity index (χ3v) is 10.2. The predicted molar refractivity (Wildman–Crippen MR) is 207 cm³/mol. The van der Waals surface area contributed by atoms with Gasteiger partial charge in [-0.05, 0) is 108 Å². The van der Waals surface area contributed by atoms with Crippen LogP contribution in [0.5, 0.6) is 0 Å². The Bertz CT molecular complexity index is 2900. The highest BCUT2D eigenvalue weighted by atomic mass is 15.1. The Balaban J connectivity index is 1.17. The van der Waals surface area contributed by atoms with Crippen molar-refractivity contribution in [1.82, 2.24) is 14.1 Å². The third kappa shape index (κ3) is 3.98. The molecule has 6 aromatic carbocycles. The minimum Gasteiger partial charge on any atom is -0.309 e. The predicted octanol–water partition coefficient (Wildman–Crippen LogP) is 11.6. The lowest BCUT2D eigenvalue weighted by Gasteiger charge is -2.11. The van der Waals surface area contributed by atoms with E-state index in [9.17, 15) is 0 Å². The molecule has 49 heavy (non-hydrogen) atoms. The van der Waals surface area contributed by atoms with Crippen LogP contribution in [-0.2, 0) is 0 Å². The summed E-state index contributed by atoms with van der Waals surface area (Å²) in [5.74, 6) is 0.917. The zero-order valence-corrected chi connectivity index (χ0v) is 26.9. The molecular weight excluding hydrogens is 597 g/mol. The zero-order chi connectivity index (χ0) is 32.6. The van der Waals surface area contributed by atoms with E-state index in [0.29, 0.717) is 0 Å². The summed E-state index contributed by atoms with van der Waals surface area (Å²) in [4.78, 5) is 9.31. The van der Waals surface area contributed by atoms with Crippen LogP contribution in [0.15, 0.2) is 157 Å². The summed E-state index contributed by atoms with van der Waals surface area (Å²) in [6, 6.07) is 50.4. The first-order chi connectivity index (χ1) is 24.2. The topological polar surface area (TPSA) is 35.1 Å². The van der Waals surface area contributed by atoms with Gasteiger partial charge in [0.25, 0.3) is 0 Å². The monoisotopic (exact) mass is 626 g/mol. The number of nitrogens with zero attached hydrogens (tertiary/aromatic N) is 4. The smallest absolute Gasteiger partial charge is 0.138 e. The van der Waals surface area contributed by atoms with Gasteiger partial charge >= 0.3 is 0 Å². The van der Waals surface area contributed by atoms with Gasteiger partial charge in [-0.3, -0.25) is 9.56 Å². The molecule has 0 spiro atoms. The number of aromatic nitrogens is 3. The Morgan fingerprint density at radius 2 is 1.20 bits per heavy atom. The first-order valence-electron chi connectivity index (χ1n) is 16.6. The fourth-order valence-electron chi connectivity index (χ4n) is 7.99. The summed E-state index contributed by atoms with van der Waals surface area (Å²) in [6.07, 6.45) is 3.80. The Morgan fingerprint density at radius 3 is 1.90 bits per heavy atom. The molecule has 10 rings (SSSR count). The highest BCUT2D eigenvalue weighted by molar-refractivity contribution is 6.16. The maximum absolute atomic E-state index is 5.35. The van der Waals surface area contributed by atoms with Crippen LogP contribution in [0.3, 0.4) is 0 Å². The number of allylic oxidation sites excluding steroid dienone is 3. The van der Waals surface area contributed by atoms with Crippen LogP contribution in [-0.4, -0.2) is 20.8 Å². The van der Waals surface area contributed by atoms with Crippen LogP contribution in [0, 0.1) is 0 Å². The molecule has 0 unspecified atom stereocenters. The van der Waals surface area contributed by atoms with Gasteiger partial charge in [-0.2, -0.15) is 0 Å². The van der Waals surface area contributed by atoms with Gasteiger partial charge in [0.05, 0.1) is 27.8 Å². The lowest BCUT2D eigenvalue weighted by atomic mass is 10.0. The first kappa shape index (κ1) is 27.6. The number of hydrogen-bond donors (Lipinski definition) is 0. The van der Waals surface area contributed by atoms with Crippen LogP contribution in [0.1, 0.15) is 18.2 Å². The fourth-order valence-corrected chi connectivity index (χ4v) is 7.99. The number of para-hydroxylation sites is 3. The number of aliphatic imine (C=N–C) groups is 1. The van der Waals surface area contributed by atoms with Crippen molar-refractivity contribution in [3.63, 3.8) is 0 Å². The van der Waals surface area contributed by atoms with Gasteiger partial charge in [-0.25, -0.2) is 4.98 Å². The van der Waals surface area contributed by atoms with Crippen molar-refractivity contribution in [2.45, 2.75) is 6.92 Å². The van der Waals surface area contributed by atoms with Gasteiger partial charge in [0, 0.05) is 38.8 Å². The maximum atomic E-state index is 5.35. The molecule has 0 amide bonds. The van der Waals surface area contributed by atoms with Crippen LogP contribution in [0.2, 0.25) is 0 Å². The van der Waals surface area contributed by atoms with Crippen LogP contribution >= 0.6 is 0 Å². The van der Waals surface area contributed by atoms with Gasteiger partial charge < -0.3 is 4.57 Å². The average molecular weight is 627 g/mol. The van der Waals surface area contributed by atoms with Crippen molar-refractivity contribution in [1.29, 1.82) is 0 Å². The Hall–Kier alpha value is -6.52. The minimum absolute atomic E-state index is 0.917. The summed E-state index contributed by atoms with van der Waals surface area (Å²) in [5, 5.41) is 7.29. The summed E-state index contributed by atoms with van der Waals surface area (Å²) in [6.45, 7) is 5.79. The quantitative estimate of drug-likeness (QED) is 0.175. The molecule has 0 saturated carbocycles. The molecule has 0 N–H and O–H groups in total. The molecule has 0 atom stereocenters. The molecule has 1 aliphatic carbocycles. The van der Waals surface area contributed by atoms with E-state index in [0.717, 1.165) is 33.7 Å². The van der Waals surface area contributed by atoms with Gasteiger partial charge in [0.15, 0.2) is 0 Å². The number of hydrogen-bond acceptors (Lipinski definition) is 2. The molecule has 4 nitrogen and oxygen atoms in total. The number of rotatable bonds is 5. The molecule has 0 aliphatic heterocycles. The van der Waals surface area contributed by atoms with Gasteiger partial charge in [0.1, 0.15) is 5.82 Å². The molecular formula is C45H30N4. The van der Waals surface area contributed by atoms with Gasteiger partial charge in [0.2, 0.25) is 0 Å². The molecule has 3 heterocycles. The summed E-state index contributed by atoms with van der Waals surface area (Å²) >= 11 is 0. The maximum Gasteiger partial charge on any atom is 0.138 e. The van der Waals surface area contributed by atoms with E-state index in [-0.39, 0.29) is 0 Å². The SMILES string of the molecule is C=N/C=C\C1=C(C)c2nc(-n3c4ccccc4c4cc(-c5ccc6c(c5)c5ccccc5n6-c5ccccc5)ccc43)cc3cccc1c23. The number of pyridine rings is 1. The van der Waals surface area contributed by atoms with Crippen molar-refractivity contribution >= 4 is 72.2 Å². The molecule has 0 bridgehead atoms. The van der Waals surface area contributed by atoms with E-state index >= 15 is 0 Å². The van der Waals surface area contributed by atoms with Crippen molar-refractivity contribution in [2.24, 2.45) is 4.99 Å². The lowest BCUT2D eigenvalue weighted by Crippen LogP contribution is -2.00. The van der Waals surface area contributed by atoms with E-state index in [2.05, 4.69) is 167 Å². The second kappa shape index (κ2) is 10.5. The van der Waals surface area contributed by atoms with E-state index in [1.54, 1.807) is 6.20 Å². The normalized spacial score (nSPS) is 12.9. The van der Waals surface area contributed by atoms with Crippen LogP contribution in [0.4, 0.5) is 0 Å². The molecule has 0 saturated heterocycles. The van der Waals surface area contributed by atoms with E-state index in [4.69, 9.17) is 4.98 Å². The van der Waals surface area contributed by atoms with E-state index < -0.39 is 0 Å². The molecule has 230 valence electrons.